The highest BCUT2D eigenvalue weighted by Crippen LogP contribution is 2.20. The molecule has 0 saturated heterocycles. The minimum Gasteiger partial charge on any atom is -0.387 e. The van der Waals surface area contributed by atoms with Crippen LogP contribution in [0.15, 0.2) is 24.3 Å². The monoisotopic (exact) mass is 197 g/mol. The average molecular weight is 197 g/mol. The second kappa shape index (κ2) is 4.53. The lowest BCUT2D eigenvalue weighted by Crippen LogP contribution is -2.24. The number of benzene rings is 1. The van der Waals surface area contributed by atoms with Crippen molar-refractivity contribution in [2.45, 2.75) is 32.2 Å². The van der Waals surface area contributed by atoms with E-state index in [-0.39, 0.29) is 6.04 Å². The van der Waals surface area contributed by atoms with Crippen molar-refractivity contribution < 1.29 is 9.50 Å². The first-order valence-electron chi connectivity index (χ1n) is 4.70. The third-order valence-corrected chi connectivity index (χ3v) is 2.24. The zero-order valence-corrected chi connectivity index (χ0v) is 8.44. The number of rotatable bonds is 3. The summed E-state index contributed by atoms with van der Waals surface area (Å²) in [4.78, 5) is 0. The van der Waals surface area contributed by atoms with Crippen molar-refractivity contribution >= 4 is 0 Å². The topological polar surface area (TPSA) is 46.2 Å². The van der Waals surface area contributed by atoms with Gasteiger partial charge in [-0.15, -0.1) is 0 Å². The van der Waals surface area contributed by atoms with E-state index in [0.29, 0.717) is 5.56 Å². The Bertz CT molecular complexity index is 282. The summed E-state index contributed by atoms with van der Waals surface area (Å²) in [5.41, 5.74) is 6.88. The molecule has 3 atom stereocenters. The van der Waals surface area contributed by atoms with Gasteiger partial charge in [0.05, 0.1) is 6.10 Å². The molecule has 3 heteroatoms. The van der Waals surface area contributed by atoms with E-state index in [1.54, 1.807) is 31.2 Å². The largest absolute Gasteiger partial charge is 0.387 e. The zero-order valence-electron chi connectivity index (χ0n) is 8.44. The molecule has 14 heavy (non-hydrogen) atoms. The molecule has 78 valence electrons. The number of hydrogen-bond acceptors (Lipinski definition) is 2. The summed E-state index contributed by atoms with van der Waals surface area (Å²) in [6, 6.07) is 6.44. The van der Waals surface area contributed by atoms with Gasteiger partial charge in [-0.2, -0.15) is 0 Å². The van der Waals surface area contributed by atoms with Crippen LogP contribution >= 0.6 is 0 Å². The van der Waals surface area contributed by atoms with E-state index < -0.39 is 12.3 Å². The Morgan fingerprint density at radius 3 is 1.93 bits per heavy atom. The molecular weight excluding hydrogens is 181 g/mol. The zero-order chi connectivity index (χ0) is 10.7. The predicted molar refractivity (Wildman–Crippen MR) is 54.6 cm³/mol. The van der Waals surface area contributed by atoms with E-state index in [9.17, 15) is 9.50 Å². The van der Waals surface area contributed by atoms with Gasteiger partial charge < -0.3 is 10.8 Å². The minimum absolute atomic E-state index is 0.316. The molecule has 2 nitrogen and oxygen atoms in total. The Morgan fingerprint density at radius 1 is 1.14 bits per heavy atom. The second-order valence-corrected chi connectivity index (χ2v) is 3.59. The molecule has 0 radical (unpaired) electrons. The highest BCUT2D eigenvalue weighted by Gasteiger charge is 2.12. The average Bonchev–Trinajstić information content (AvgIpc) is 2.16. The fraction of sp³-hybridized carbons (Fsp3) is 0.455. The van der Waals surface area contributed by atoms with Gasteiger partial charge in [-0.05, 0) is 25.0 Å². The maximum absolute atomic E-state index is 12.8. The molecule has 0 saturated carbocycles. The van der Waals surface area contributed by atoms with Gasteiger partial charge in [0.1, 0.15) is 6.17 Å². The van der Waals surface area contributed by atoms with E-state index in [2.05, 4.69) is 0 Å². The summed E-state index contributed by atoms with van der Waals surface area (Å²) >= 11 is 0. The van der Waals surface area contributed by atoms with Crippen LogP contribution in [-0.2, 0) is 0 Å². The molecule has 0 aliphatic rings. The van der Waals surface area contributed by atoms with Crippen LogP contribution in [-0.4, -0.2) is 11.1 Å². The van der Waals surface area contributed by atoms with Crippen LogP contribution in [0, 0.1) is 0 Å². The van der Waals surface area contributed by atoms with Crippen molar-refractivity contribution in [3.63, 3.8) is 0 Å². The van der Waals surface area contributed by atoms with E-state index in [4.69, 9.17) is 5.73 Å². The Hall–Kier alpha value is -0.930. The van der Waals surface area contributed by atoms with E-state index in [0.717, 1.165) is 5.56 Å². The molecule has 0 heterocycles. The van der Waals surface area contributed by atoms with Crippen molar-refractivity contribution in [2.24, 2.45) is 5.73 Å². The fourth-order valence-corrected chi connectivity index (χ4v) is 1.26. The standard InChI is InChI=1S/C11H16FNO/c1-7(12)9-3-5-10(6-4-9)11(14)8(2)13/h3-8,11,14H,13H2,1-2H3. The summed E-state index contributed by atoms with van der Waals surface area (Å²) in [5, 5.41) is 9.61. The first-order valence-corrected chi connectivity index (χ1v) is 4.70. The summed E-state index contributed by atoms with van der Waals surface area (Å²) in [6.45, 7) is 3.22. The maximum Gasteiger partial charge on any atom is 0.122 e. The molecule has 3 unspecified atom stereocenters. The quantitative estimate of drug-likeness (QED) is 0.779. The van der Waals surface area contributed by atoms with Crippen LogP contribution in [0.4, 0.5) is 4.39 Å². The number of halogens is 1. The molecule has 1 rings (SSSR count). The Labute approximate surface area is 83.6 Å². The summed E-state index contributed by atoms with van der Waals surface area (Å²) in [5.74, 6) is 0. The Morgan fingerprint density at radius 2 is 1.57 bits per heavy atom. The van der Waals surface area contributed by atoms with Crippen LogP contribution in [0.1, 0.15) is 37.3 Å². The first-order chi connectivity index (χ1) is 6.52. The lowest BCUT2D eigenvalue weighted by atomic mass is 10.0. The van der Waals surface area contributed by atoms with Crippen LogP contribution in [0.5, 0.6) is 0 Å². The highest BCUT2D eigenvalue weighted by atomic mass is 19.1. The number of nitrogens with two attached hydrogens (primary N) is 1. The van der Waals surface area contributed by atoms with Crippen molar-refractivity contribution in [1.82, 2.24) is 0 Å². The second-order valence-electron chi connectivity index (χ2n) is 3.59. The number of aliphatic hydroxyl groups is 1. The van der Waals surface area contributed by atoms with E-state index in [1.807, 2.05) is 0 Å². The molecule has 1 aromatic carbocycles. The van der Waals surface area contributed by atoms with Crippen LogP contribution < -0.4 is 5.73 Å². The van der Waals surface area contributed by atoms with Crippen LogP contribution in [0.3, 0.4) is 0 Å². The van der Waals surface area contributed by atoms with Gasteiger partial charge in [0.2, 0.25) is 0 Å². The molecule has 0 aliphatic heterocycles. The number of alkyl halides is 1. The highest BCUT2D eigenvalue weighted by molar-refractivity contribution is 5.26. The minimum atomic E-state index is -0.975. The normalized spacial score (nSPS) is 17.5. The SMILES string of the molecule is CC(F)c1ccc(C(O)C(C)N)cc1. The van der Waals surface area contributed by atoms with Crippen molar-refractivity contribution in [2.75, 3.05) is 0 Å². The molecule has 0 fully saturated rings. The van der Waals surface area contributed by atoms with Gasteiger partial charge in [0, 0.05) is 6.04 Å². The number of aliphatic hydroxyl groups excluding tert-OH is 1. The summed E-state index contributed by atoms with van der Waals surface area (Å²) in [6.07, 6.45) is -1.66. The molecule has 0 amide bonds. The van der Waals surface area contributed by atoms with Crippen molar-refractivity contribution in [1.29, 1.82) is 0 Å². The van der Waals surface area contributed by atoms with E-state index in [1.165, 1.54) is 6.92 Å². The molecule has 0 spiro atoms. The van der Waals surface area contributed by atoms with Gasteiger partial charge in [-0.1, -0.05) is 24.3 Å². The van der Waals surface area contributed by atoms with Crippen LogP contribution in [0.25, 0.3) is 0 Å². The van der Waals surface area contributed by atoms with Crippen molar-refractivity contribution in [3.05, 3.63) is 35.4 Å². The third kappa shape index (κ3) is 2.53. The van der Waals surface area contributed by atoms with Gasteiger partial charge >= 0.3 is 0 Å². The lowest BCUT2D eigenvalue weighted by Gasteiger charge is -2.15. The summed E-state index contributed by atoms with van der Waals surface area (Å²) < 4.78 is 12.8. The molecule has 1 aromatic rings. The molecule has 0 bridgehead atoms. The Balaban J connectivity index is 2.83. The maximum atomic E-state index is 12.8. The molecule has 0 aromatic heterocycles. The number of hydrogen-bond donors (Lipinski definition) is 2. The first kappa shape index (κ1) is 11.1. The third-order valence-electron chi connectivity index (χ3n) is 2.24. The van der Waals surface area contributed by atoms with Gasteiger partial charge in [0.15, 0.2) is 0 Å². The fourth-order valence-electron chi connectivity index (χ4n) is 1.26. The van der Waals surface area contributed by atoms with Gasteiger partial charge in [-0.3, -0.25) is 0 Å². The van der Waals surface area contributed by atoms with Crippen LogP contribution in [0.2, 0.25) is 0 Å². The van der Waals surface area contributed by atoms with E-state index >= 15 is 0 Å². The smallest absolute Gasteiger partial charge is 0.122 e. The lowest BCUT2D eigenvalue weighted by molar-refractivity contribution is 0.153. The summed E-state index contributed by atoms with van der Waals surface area (Å²) in [7, 11) is 0. The predicted octanol–water partition coefficient (Wildman–Crippen LogP) is 2.10. The molecule has 0 aliphatic carbocycles. The van der Waals surface area contributed by atoms with Gasteiger partial charge in [-0.25, -0.2) is 4.39 Å². The molecule has 3 N–H and O–H groups in total. The molecular formula is C11H16FNO. The Kier molecular flexibility index (Phi) is 3.61. The van der Waals surface area contributed by atoms with Crippen molar-refractivity contribution in [3.8, 4) is 0 Å². The van der Waals surface area contributed by atoms with Gasteiger partial charge in [0.25, 0.3) is 0 Å².